The van der Waals surface area contributed by atoms with Gasteiger partial charge in [-0.15, -0.1) is 0 Å². The molecule has 19 heavy (non-hydrogen) atoms. The monoisotopic (exact) mass is 266 g/mol. The molecule has 1 aliphatic rings. The van der Waals surface area contributed by atoms with Crippen molar-refractivity contribution in [3.63, 3.8) is 0 Å². The number of hydrogen-bond acceptors (Lipinski definition) is 3. The molecule has 1 aromatic carbocycles. The van der Waals surface area contributed by atoms with Crippen LogP contribution in [0.15, 0.2) is 24.3 Å². The Bertz CT molecular complexity index is 413. The molecular formula is C15H23FN2O. The van der Waals surface area contributed by atoms with E-state index in [4.69, 9.17) is 0 Å². The fourth-order valence-electron chi connectivity index (χ4n) is 2.93. The molecule has 0 amide bonds. The van der Waals surface area contributed by atoms with Crippen molar-refractivity contribution in [1.29, 1.82) is 0 Å². The zero-order chi connectivity index (χ0) is 13.8. The average Bonchev–Trinajstić information content (AvgIpc) is 2.49. The zero-order valence-corrected chi connectivity index (χ0v) is 11.7. The topological polar surface area (TPSA) is 26.7 Å². The van der Waals surface area contributed by atoms with Crippen LogP contribution in [0.2, 0.25) is 0 Å². The van der Waals surface area contributed by atoms with Crippen LogP contribution in [0.1, 0.15) is 19.8 Å². The normalized spacial score (nSPS) is 25.4. The van der Waals surface area contributed by atoms with Crippen molar-refractivity contribution in [3.05, 3.63) is 30.1 Å². The number of halogens is 1. The molecule has 106 valence electrons. The SMILES string of the molecule is CC1CCN(C)CC(CCO)N1c1cccc(F)c1. The number of likely N-dealkylation sites (N-methyl/N-ethyl adjacent to an activating group) is 1. The molecule has 2 unspecified atom stereocenters. The van der Waals surface area contributed by atoms with Crippen molar-refractivity contribution < 1.29 is 9.50 Å². The van der Waals surface area contributed by atoms with Crippen LogP contribution in [0.25, 0.3) is 0 Å². The summed E-state index contributed by atoms with van der Waals surface area (Å²) in [6.07, 6.45) is 1.76. The third-order valence-electron chi connectivity index (χ3n) is 3.89. The maximum Gasteiger partial charge on any atom is 0.125 e. The molecule has 1 N–H and O–H groups in total. The summed E-state index contributed by atoms with van der Waals surface area (Å²) >= 11 is 0. The lowest BCUT2D eigenvalue weighted by Crippen LogP contribution is -2.44. The van der Waals surface area contributed by atoms with Gasteiger partial charge in [0.25, 0.3) is 0 Å². The molecule has 0 aromatic heterocycles. The van der Waals surface area contributed by atoms with E-state index in [-0.39, 0.29) is 18.5 Å². The lowest BCUT2D eigenvalue weighted by atomic mass is 10.1. The highest BCUT2D eigenvalue weighted by molar-refractivity contribution is 5.49. The molecule has 0 aliphatic carbocycles. The third kappa shape index (κ3) is 3.45. The van der Waals surface area contributed by atoms with Crippen LogP contribution in [0, 0.1) is 5.82 Å². The number of hydrogen-bond donors (Lipinski definition) is 1. The van der Waals surface area contributed by atoms with Gasteiger partial charge in [0.2, 0.25) is 0 Å². The van der Waals surface area contributed by atoms with Crippen LogP contribution in [0.5, 0.6) is 0 Å². The molecule has 1 saturated heterocycles. The highest BCUT2D eigenvalue weighted by Crippen LogP contribution is 2.26. The van der Waals surface area contributed by atoms with Gasteiger partial charge in [0, 0.05) is 30.9 Å². The Morgan fingerprint density at radius 3 is 2.89 bits per heavy atom. The van der Waals surface area contributed by atoms with Gasteiger partial charge < -0.3 is 14.9 Å². The summed E-state index contributed by atoms with van der Waals surface area (Å²) in [5.41, 5.74) is 0.918. The fraction of sp³-hybridized carbons (Fsp3) is 0.600. The Balaban J connectivity index is 2.30. The smallest absolute Gasteiger partial charge is 0.125 e. The molecule has 1 heterocycles. The van der Waals surface area contributed by atoms with E-state index < -0.39 is 0 Å². The standard InChI is InChI=1S/C15H23FN2O/c1-12-6-8-17(2)11-15(7-9-19)18(12)14-5-3-4-13(16)10-14/h3-5,10,12,15,19H,6-9,11H2,1-2H3. The molecular weight excluding hydrogens is 243 g/mol. The summed E-state index contributed by atoms with van der Waals surface area (Å²) in [5.74, 6) is -0.204. The number of aliphatic hydroxyl groups excluding tert-OH is 1. The summed E-state index contributed by atoms with van der Waals surface area (Å²) in [4.78, 5) is 4.55. The average molecular weight is 266 g/mol. The Hall–Kier alpha value is -1.13. The second-order valence-electron chi connectivity index (χ2n) is 5.45. The van der Waals surface area contributed by atoms with Gasteiger partial charge >= 0.3 is 0 Å². The van der Waals surface area contributed by atoms with E-state index in [1.54, 1.807) is 12.1 Å². The van der Waals surface area contributed by atoms with Gasteiger partial charge in [0.05, 0.1) is 0 Å². The molecule has 2 atom stereocenters. The van der Waals surface area contributed by atoms with E-state index in [1.807, 2.05) is 6.07 Å². The fourth-order valence-corrected chi connectivity index (χ4v) is 2.93. The summed E-state index contributed by atoms with van der Waals surface area (Å²) < 4.78 is 13.5. The second-order valence-corrected chi connectivity index (χ2v) is 5.45. The van der Waals surface area contributed by atoms with Crippen LogP contribution in [0.3, 0.4) is 0 Å². The van der Waals surface area contributed by atoms with Gasteiger partial charge in [-0.05, 0) is 51.6 Å². The second kappa shape index (κ2) is 6.35. The summed E-state index contributed by atoms with van der Waals surface area (Å²) in [5, 5.41) is 9.28. The first kappa shape index (κ1) is 14.3. The number of nitrogens with zero attached hydrogens (tertiary/aromatic N) is 2. The van der Waals surface area contributed by atoms with Gasteiger partial charge in [-0.2, -0.15) is 0 Å². The van der Waals surface area contributed by atoms with Crippen molar-refractivity contribution in [2.45, 2.75) is 31.8 Å². The number of aliphatic hydroxyl groups is 1. The number of anilines is 1. The van der Waals surface area contributed by atoms with Gasteiger partial charge in [0.1, 0.15) is 5.82 Å². The van der Waals surface area contributed by atoms with E-state index >= 15 is 0 Å². The largest absolute Gasteiger partial charge is 0.396 e. The molecule has 1 aromatic rings. The zero-order valence-electron chi connectivity index (χ0n) is 11.7. The van der Waals surface area contributed by atoms with Crippen LogP contribution in [-0.4, -0.2) is 48.8 Å². The molecule has 0 spiro atoms. The number of benzene rings is 1. The molecule has 4 heteroatoms. The third-order valence-corrected chi connectivity index (χ3v) is 3.89. The van der Waals surface area contributed by atoms with Crippen LogP contribution in [0.4, 0.5) is 10.1 Å². The lowest BCUT2D eigenvalue weighted by molar-refractivity contribution is 0.252. The Kier molecular flexibility index (Phi) is 4.77. The molecule has 0 saturated carbocycles. The molecule has 0 radical (unpaired) electrons. The minimum atomic E-state index is -0.204. The Labute approximate surface area is 114 Å². The summed E-state index contributed by atoms with van der Waals surface area (Å²) in [7, 11) is 2.10. The van der Waals surface area contributed by atoms with E-state index in [2.05, 4.69) is 23.8 Å². The predicted octanol–water partition coefficient (Wildman–Crippen LogP) is 2.11. The van der Waals surface area contributed by atoms with Crippen molar-refractivity contribution >= 4 is 5.69 Å². The summed E-state index contributed by atoms with van der Waals surface area (Å²) in [6.45, 7) is 4.28. The van der Waals surface area contributed by atoms with Gasteiger partial charge in [-0.25, -0.2) is 4.39 Å². The molecule has 2 rings (SSSR count). The molecule has 3 nitrogen and oxygen atoms in total. The van der Waals surface area contributed by atoms with Crippen molar-refractivity contribution in [3.8, 4) is 0 Å². The lowest BCUT2D eigenvalue weighted by Gasteiger charge is -2.37. The quantitative estimate of drug-likeness (QED) is 0.907. The van der Waals surface area contributed by atoms with E-state index in [9.17, 15) is 9.50 Å². The number of rotatable bonds is 3. The van der Waals surface area contributed by atoms with Crippen LogP contribution < -0.4 is 4.90 Å². The van der Waals surface area contributed by atoms with Gasteiger partial charge in [0.15, 0.2) is 0 Å². The minimum Gasteiger partial charge on any atom is -0.396 e. The Morgan fingerprint density at radius 2 is 2.21 bits per heavy atom. The summed E-state index contributed by atoms with van der Waals surface area (Å²) in [6, 6.07) is 7.35. The molecule has 1 fully saturated rings. The first-order valence-electron chi connectivity index (χ1n) is 6.95. The predicted molar refractivity (Wildman–Crippen MR) is 75.9 cm³/mol. The van der Waals surface area contributed by atoms with Crippen LogP contribution in [-0.2, 0) is 0 Å². The maximum absolute atomic E-state index is 13.5. The van der Waals surface area contributed by atoms with Crippen molar-refractivity contribution in [2.24, 2.45) is 0 Å². The van der Waals surface area contributed by atoms with Crippen molar-refractivity contribution in [1.82, 2.24) is 4.90 Å². The van der Waals surface area contributed by atoms with Crippen molar-refractivity contribution in [2.75, 3.05) is 31.6 Å². The molecule has 0 bridgehead atoms. The molecule has 1 aliphatic heterocycles. The first-order valence-corrected chi connectivity index (χ1v) is 6.95. The maximum atomic E-state index is 13.5. The van der Waals surface area contributed by atoms with E-state index in [0.717, 1.165) is 25.2 Å². The van der Waals surface area contributed by atoms with E-state index in [0.29, 0.717) is 12.5 Å². The highest BCUT2D eigenvalue weighted by Gasteiger charge is 2.28. The first-order chi connectivity index (χ1) is 9.11. The van der Waals surface area contributed by atoms with Crippen LogP contribution >= 0.6 is 0 Å². The Morgan fingerprint density at radius 1 is 1.42 bits per heavy atom. The van der Waals surface area contributed by atoms with Gasteiger partial charge in [-0.3, -0.25) is 0 Å². The minimum absolute atomic E-state index is 0.164. The van der Waals surface area contributed by atoms with Gasteiger partial charge in [-0.1, -0.05) is 6.07 Å². The highest BCUT2D eigenvalue weighted by atomic mass is 19.1. The van der Waals surface area contributed by atoms with E-state index in [1.165, 1.54) is 6.07 Å².